The third kappa shape index (κ3) is 2.36. The largest absolute Gasteiger partial charge is 0.454 e. The van der Waals surface area contributed by atoms with Gasteiger partial charge < -0.3 is 29.5 Å². The zero-order valence-corrected chi connectivity index (χ0v) is 14.6. The van der Waals surface area contributed by atoms with Crippen molar-refractivity contribution in [1.82, 2.24) is 5.32 Å². The highest BCUT2D eigenvalue weighted by atomic mass is 16.7. The zero-order chi connectivity index (χ0) is 18.6. The van der Waals surface area contributed by atoms with Crippen molar-refractivity contribution in [3.8, 4) is 11.5 Å². The number of hydrogen-bond acceptors (Lipinski definition) is 6. The monoisotopic (exact) mass is 372 g/mol. The Hall–Kier alpha value is -2.58. The lowest BCUT2D eigenvalue weighted by atomic mass is 9.77. The number of benzene rings is 1. The van der Waals surface area contributed by atoms with Gasteiger partial charge in [-0.05, 0) is 18.6 Å². The number of hydrogen-bond donors (Lipinski definition) is 2. The van der Waals surface area contributed by atoms with E-state index in [0.29, 0.717) is 36.7 Å². The van der Waals surface area contributed by atoms with Crippen molar-refractivity contribution in [2.75, 3.05) is 31.4 Å². The minimum atomic E-state index is -0.767. The molecule has 5 rings (SSSR count). The Bertz CT molecular complexity index is 839. The van der Waals surface area contributed by atoms with E-state index in [4.69, 9.17) is 19.3 Å². The molecule has 2 saturated heterocycles. The maximum Gasteiger partial charge on any atom is 0.234 e. The predicted molar refractivity (Wildman–Crippen MR) is 93.4 cm³/mol. The lowest BCUT2D eigenvalue weighted by Gasteiger charge is -2.23. The SMILES string of the molecule is O=C(NCCCO)[C@H]1[C@H]2C=C[C@@]3(CN(c4ccc5c(c4)OCO5)C(=O)[C@@H]13)O2. The molecule has 1 spiro atoms. The molecular formula is C19H20N2O6. The van der Waals surface area contributed by atoms with Gasteiger partial charge in [-0.2, -0.15) is 0 Å². The molecule has 0 radical (unpaired) electrons. The third-order valence-electron chi connectivity index (χ3n) is 5.71. The summed E-state index contributed by atoms with van der Waals surface area (Å²) in [4.78, 5) is 27.6. The number of fused-ring (bicyclic) bond motifs is 2. The van der Waals surface area contributed by atoms with Gasteiger partial charge in [0, 0.05) is 24.9 Å². The number of aliphatic hydroxyl groups is 1. The van der Waals surface area contributed by atoms with Gasteiger partial charge >= 0.3 is 0 Å². The van der Waals surface area contributed by atoms with Crippen molar-refractivity contribution >= 4 is 17.5 Å². The van der Waals surface area contributed by atoms with Crippen LogP contribution in [0.5, 0.6) is 11.5 Å². The quantitative estimate of drug-likeness (QED) is 0.566. The maximum absolute atomic E-state index is 13.2. The standard InChI is InChI=1S/C19H20N2O6/c22-7-1-6-20-17(23)15-13-4-5-19(27-13)9-21(18(24)16(15)19)11-2-3-12-14(8-11)26-10-25-12/h2-5,8,13,15-16,22H,1,6-7,9-10H2,(H,20,23)/t13-,15+,16-,19+/m1/s1. The summed E-state index contributed by atoms with van der Waals surface area (Å²) in [6.45, 7) is 0.920. The molecule has 27 heavy (non-hydrogen) atoms. The summed E-state index contributed by atoms with van der Waals surface area (Å²) in [7, 11) is 0. The molecular weight excluding hydrogens is 352 g/mol. The molecule has 8 heteroatoms. The molecule has 0 aromatic heterocycles. The van der Waals surface area contributed by atoms with Gasteiger partial charge in [0.2, 0.25) is 18.6 Å². The Morgan fingerprint density at radius 3 is 3.04 bits per heavy atom. The van der Waals surface area contributed by atoms with Crippen LogP contribution in [-0.4, -0.2) is 55.1 Å². The summed E-state index contributed by atoms with van der Waals surface area (Å²) in [5, 5.41) is 11.7. The minimum absolute atomic E-state index is 0.00890. The number of amides is 2. The van der Waals surface area contributed by atoms with Crippen LogP contribution < -0.4 is 19.7 Å². The fraction of sp³-hybridized carbons (Fsp3) is 0.474. The highest BCUT2D eigenvalue weighted by molar-refractivity contribution is 6.03. The van der Waals surface area contributed by atoms with Gasteiger partial charge in [0.05, 0.1) is 24.5 Å². The molecule has 2 fully saturated rings. The molecule has 4 heterocycles. The lowest BCUT2D eigenvalue weighted by molar-refractivity contribution is -0.131. The summed E-state index contributed by atoms with van der Waals surface area (Å²) in [5.74, 6) is -0.170. The Morgan fingerprint density at radius 2 is 2.19 bits per heavy atom. The van der Waals surface area contributed by atoms with E-state index in [9.17, 15) is 9.59 Å². The molecule has 2 amide bonds. The van der Waals surface area contributed by atoms with Gasteiger partial charge in [0.15, 0.2) is 11.5 Å². The number of nitrogens with one attached hydrogen (secondary N) is 1. The van der Waals surface area contributed by atoms with Gasteiger partial charge in [-0.25, -0.2) is 0 Å². The topological polar surface area (TPSA) is 97.3 Å². The van der Waals surface area contributed by atoms with Gasteiger partial charge in [-0.3, -0.25) is 9.59 Å². The van der Waals surface area contributed by atoms with E-state index in [2.05, 4.69) is 5.32 Å². The van der Waals surface area contributed by atoms with Crippen LogP contribution in [0.15, 0.2) is 30.4 Å². The third-order valence-corrected chi connectivity index (χ3v) is 5.71. The van der Waals surface area contributed by atoms with E-state index >= 15 is 0 Å². The Balaban J connectivity index is 1.42. The van der Waals surface area contributed by atoms with Crippen molar-refractivity contribution in [2.45, 2.75) is 18.1 Å². The number of rotatable bonds is 5. The van der Waals surface area contributed by atoms with Crippen LogP contribution in [0.2, 0.25) is 0 Å². The number of carbonyl (C=O) groups is 2. The Labute approximate surface area is 155 Å². The summed E-state index contributed by atoms with van der Waals surface area (Å²) in [6.07, 6.45) is 3.90. The molecule has 0 saturated carbocycles. The smallest absolute Gasteiger partial charge is 0.234 e. The summed E-state index contributed by atoms with van der Waals surface area (Å²) >= 11 is 0. The summed E-state index contributed by atoms with van der Waals surface area (Å²) in [5.41, 5.74) is -0.0650. The van der Waals surface area contributed by atoms with Crippen molar-refractivity contribution in [3.63, 3.8) is 0 Å². The van der Waals surface area contributed by atoms with Crippen molar-refractivity contribution in [1.29, 1.82) is 0 Å². The van der Waals surface area contributed by atoms with Gasteiger partial charge in [0.25, 0.3) is 0 Å². The number of aliphatic hydroxyl groups excluding tert-OH is 1. The minimum Gasteiger partial charge on any atom is -0.454 e. The highest BCUT2D eigenvalue weighted by Gasteiger charge is 2.67. The number of anilines is 1. The molecule has 4 aliphatic rings. The molecule has 1 aromatic carbocycles. The van der Waals surface area contributed by atoms with Crippen LogP contribution in [0.3, 0.4) is 0 Å². The number of ether oxygens (including phenoxy) is 3. The molecule has 4 aliphatic heterocycles. The summed E-state index contributed by atoms with van der Waals surface area (Å²) in [6, 6.07) is 5.38. The second-order valence-corrected chi connectivity index (χ2v) is 7.23. The van der Waals surface area contributed by atoms with Gasteiger partial charge in [-0.15, -0.1) is 0 Å². The fourth-order valence-corrected chi connectivity index (χ4v) is 4.48. The number of carbonyl (C=O) groups excluding carboxylic acids is 2. The van der Waals surface area contributed by atoms with E-state index in [1.807, 2.05) is 18.2 Å². The number of nitrogens with zero attached hydrogens (tertiary/aromatic N) is 1. The molecule has 0 unspecified atom stereocenters. The first-order valence-corrected chi connectivity index (χ1v) is 9.10. The first-order chi connectivity index (χ1) is 13.1. The molecule has 0 aliphatic carbocycles. The van der Waals surface area contributed by atoms with Crippen LogP contribution >= 0.6 is 0 Å². The van der Waals surface area contributed by atoms with Crippen LogP contribution in [0.1, 0.15) is 6.42 Å². The van der Waals surface area contributed by atoms with Crippen LogP contribution in [-0.2, 0) is 14.3 Å². The average molecular weight is 372 g/mol. The van der Waals surface area contributed by atoms with Crippen LogP contribution in [0, 0.1) is 11.8 Å². The van der Waals surface area contributed by atoms with E-state index in [1.165, 1.54) is 0 Å². The molecule has 4 atom stereocenters. The Kier molecular flexibility index (Phi) is 3.66. The zero-order valence-electron chi connectivity index (χ0n) is 14.6. The second kappa shape index (κ2) is 5.97. The normalized spacial score (nSPS) is 32.3. The molecule has 142 valence electrons. The summed E-state index contributed by atoms with van der Waals surface area (Å²) < 4.78 is 16.8. The average Bonchev–Trinajstić information content (AvgIpc) is 3.41. The Morgan fingerprint density at radius 1 is 1.33 bits per heavy atom. The second-order valence-electron chi connectivity index (χ2n) is 7.23. The van der Waals surface area contributed by atoms with Gasteiger partial charge in [0.1, 0.15) is 5.60 Å². The molecule has 8 nitrogen and oxygen atoms in total. The predicted octanol–water partition coefficient (Wildman–Crippen LogP) is 0.200. The van der Waals surface area contributed by atoms with E-state index in [1.54, 1.807) is 17.0 Å². The van der Waals surface area contributed by atoms with Crippen LogP contribution in [0.4, 0.5) is 5.69 Å². The molecule has 2 bridgehead atoms. The van der Waals surface area contributed by atoms with E-state index in [0.717, 1.165) is 0 Å². The molecule has 2 N–H and O–H groups in total. The van der Waals surface area contributed by atoms with E-state index in [-0.39, 0.29) is 31.3 Å². The highest BCUT2D eigenvalue weighted by Crippen LogP contribution is 2.53. The van der Waals surface area contributed by atoms with Crippen molar-refractivity contribution in [2.24, 2.45) is 11.8 Å². The maximum atomic E-state index is 13.2. The van der Waals surface area contributed by atoms with Crippen molar-refractivity contribution in [3.05, 3.63) is 30.4 Å². The van der Waals surface area contributed by atoms with Gasteiger partial charge in [-0.1, -0.05) is 12.2 Å². The first kappa shape index (κ1) is 16.6. The van der Waals surface area contributed by atoms with E-state index < -0.39 is 17.4 Å². The molecule has 1 aromatic rings. The lowest BCUT2D eigenvalue weighted by Crippen LogP contribution is -2.44. The van der Waals surface area contributed by atoms with Crippen molar-refractivity contribution < 1.29 is 28.9 Å². The first-order valence-electron chi connectivity index (χ1n) is 9.10. The van der Waals surface area contributed by atoms with Crippen LogP contribution in [0.25, 0.3) is 0 Å². The fourth-order valence-electron chi connectivity index (χ4n) is 4.48.